The SMILES string of the molecule is COc1cc(C(=O)N/N=C\c2ccc(Br)cc2)ccc1OC(C)C. The molecule has 0 aliphatic carbocycles. The lowest BCUT2D eigenvalue weighted by atomic mass is 10.2. The van der Waals surface area contributed by atoms with Gasteiger partial charge in [-0.05, 0) is 49.7 Å². The Morgan fingerprint density at radius 3 is 2.50 bits per heavy atom. The molecule has 0 bridgehead atoms. The second kappa shape index (κ2) is 8.49. The van der Waals surface area contributed by atoms with Crippen molar-refractivity contribution in [3.8, 4) is 11.5 Å². The van der Waals surface area contributed by atoms with Crippen molar-refractivity contribution in [2.24, 2.45) is 5.10 Å². The summed E-state index contributed by atoms with van der Waals surface area (Å²) in [5.74, 6) is 0.786. The topological polar surface area (TPSA) is 59.9 Å². The Bertz CT molecular complexity index is 728. The molecule has 6 heteroatoms. The van der Waals surface area contributed by atoms with E-state index >= 15 is 0 Å². The van der Waals surface area contributed by atoms with E-state index in [2.05, 4.69) is 26.5 Å². The molecule has 0 saturated carbocycles. The number of hydrogen-bond donors (Lipinski definition) is 1. The number of hydrogen-bond acceptors (Lipinski definition) is 4. The van der Waals surface area contributed by atoms with Gasteiger partial charge in [-0.1, -0.05) is 28.1 Å². The second-order valence-corrected chi connectivity index (χ2v) is 6.20. The van der Waals surface area contributed by atoms with Gasteiger partial charge >= 0.3 is 0 Å². The van der Waals surface area contributed by atoms with Gasteiger partial charge in [-0.3, -0.25) is 4.79 Å². The molecule has 24 heavy (non-hydrogen) atoms. The molecule has 0 aliphatic heterocycles. The molecule has 0 aromatic heterocycles. The van der Waals surface area contributed by atoms with Gasteiger partial charge in [0.25, 0.3) is 5.91 Å². The largest absolute Gasteiger partial charge is 0.493 e. The van der Waals surface area contributed by atoms with Crippen molar-refractivity contribution >= 4 is 28.1 Å². The smallest absolute Gasteiger partial charge is 0.271 e. The number of ether oxygens (including phenoxy) is 2. The zero-order valence-corrected chi connectivity index (χ0v) is 15.3. The van der Waals surface area contributed by atoms with E-state index in [1.807, 2.05) is 38.1 Å². The van der Waals surface area contributed by atoms with Crippen LogP contribution in [-0.4, -0.2) is 25.3 Å². The van der Waals surface area contributed by atoms with Crippen molar-refractivity contribution in [3.63, 3.8) is 0 Å². The molecule has 0 saturated heterocycles. The molecule has 2 aromatic carbocycles. The Kier molecular flexibility index (Phi) is 6.37. The zero-order chi connectivity index (χ0) is 17.5. The minimum absolute atomic E-state index is 0.0223. The van der Waals surface area contributed by atoms with Crippen molar-refractivity contribution in [2.75, 3.05) is 7.11 Å². The first-order valence-corrected chi connectivity index (χ1v) is 8.22. The van der Waals surface area contributed by atoms with Crippen LogP contribution in [0.5, 0.6) is 11.5 Å². The summed E-state index contributed by atoms with van der Waals surface area (Å²) in [6.45, 7) is 3.85. The van der Waals surface area contributed by atoms with Crippen molar-refractivity contribution in [2.45, 2.75) is 20.0 Å². The lowest BCUT2D eigenvalue weighted by Crippen LogP contribution is -2.18. The molecule has 5 nitrogen and oxygen atoms in total. The van der Waals surface area contributed by atoms with E-state index in [1.54, 1.807) is 24.4 Å². The maximum absolute atomic E-state index is 12.2. The number of nitrogens with zero attached hydrogens (tertiary/aromatic N) is 1. The van der Waals surface area contributed by atoms with Gasteiger partial charge in [-0.25, -0.2) is 5.43 Å². The lowest BCUT2D eigenvalue weighted by Gasteiger charge is -2.14. The van der Waals surface area contributed by atoms with Crippen molar-refractivity contribution < 1.29 is 14.3 Å². The average molecular weight is 391 g/mol. The van der Waals surface area contributed by atoms with Crippen LogP contribution in [0, 0.1) is 0 Å². The molecular formula is C18H19BrN2O3. The van der Waals surface area contributed by atoms with E-state index < -0.39 is 0 Å². The number of carbonyl (C=O) groups is 1. The number of carbonyl (C=O) groups excluding carboxylic acids is 1. The normalized spacial score (nSPS) is 10.9. The molecule has 0 unspecified atom stereocenters. The van der Waals surface area contributed by atoms with Gasteiger partial charge in [-0.2, -0.15) is 5.10 Å². The predicted molar refractivity (Wildman–Crippen MR) is 98.0 cm³/mol. The summed E-state index contributed by atoms with van der Waals surface area (Å²) in [5.41, 5.74) is 3.82. The molecule has 0 fully saturated rings. The van der Waals surface area contributed by atoms with E-state index in [0.717, 1.165) is 10.0 Å². The quantitative estimate of drug-likeness (QED) is 0.598. The highest BCUT2D eigenvalue weighted by Crippen LogP contribution is 2.28. The monoisotopic (exact) mass is 390 g/mol. The van der Waals surface area contributed by atoms with Crippen LogP contribution in [-0.2, 0) is 0 Å². The van der Waals surface area contributed by atoms with Crippen LogP contribution >= 0.6 is 15.9 Å². The Hall–Kier alpha value is -2.34. The number of rotatable bonds is 6. The molecule has 0 aliphatic rings. The second-order valence-electron chi connectivity index (χ2n) is 5.28. The van der Waals surface area contributed by atoms with Gasteiger partial charge in [0.15, 0.2) is 11.5 Å². The summed E-state index contributed by atoms with van der Waals surface area (Å²) < 4.78 is 11.9. The third-order valence-electron chi connectivity index (χ3n) is 3.04. The molecule has 0 heterocycles. The number of hydrazone groups is 1. The van der Waals surface area contributed by atoms with Crippen LogP contribution in [0.15, 0.2) is 52.0 Å². The lowest BCUT2D eigenvalue weighted by molar-refractivity contribution is 0.0954. The number of amides is 1. The molecule has 1 amide bonds. The number of halogens is 1. The highest BCUT2D eigenvalue weighted by molar-refractivity contribution is 9.10. The van der Waals surface area contributed by atoms with E-state index in [-0.39, 0.29) is 12.0 Å². The average Bonchev–Trinajstić information content (AvgIpc) is 2.56. The summed E-state index contributed by atoms with van der Waals surface area (Å²) in [6.07, 6.45) is 1.60. The maximum Gasteiger partial charge on any atom is 0.271 e. The predicted octanol–water partition coefficient (Wildman–Crippen LogP) is 4.01. The van der Waals surface area contributed by atoms with E-state index in [1.165, 1.54) is 7.11 Å². The van der Waals surface area contributed by atoms with Gasteiger partial charge in [0.1, 0.15) is 0 Å². The van der Waals surface area contributed by atoms with Gasteiger partial charge in [0.05, 0.1) is 19.4 Å². The first-order chi connectivity index (χ1) is 11.5. The summed E-state index contributed by atoms with van der Waals surface area (Å²) in [6, 6.07) is 12.6. The number of methoxy groups -OCH3 is 1. The Morgan fingerprint density at radius 1 is 1.17 bits per heavy atom. The van der Waals surface area contributed by atoms with E-state index in [0.29, 0.717) is 17.1 Å². The number of nitrogens with one attached hydrogen (secondary N) is 1. The van der Waals surface area contributed by atoms with Crippen LogP contribution in [0.1, 0.15) is 29.8 Å². The highest BCUT2D eigenvalue weighted by Gasteiger charge is 2.11. The molecule has 0 atom stereocenters. The van der Waals surface area contributed by atoms with E-state index in [4.69, 9.17) is 9.47 Å². The third-order valence-corrected chi connectivity index (χ3v) is 3.57. The molecule has 0 spiro atoms. The highest BCUT2D eigenvalue weighted by atomic mass is 79.9. The molecule has 0 radical (unpaired) electrons. The fraction of sp³-hybridized carbons (Fsp3) is 0.222. The van der Waals surface area contributed by atoms with Crippen molar-refractivity contribution in [1.82, 2.24) is 5.43 Å². The minimum Gasteiger partial charge on any atom is -0.493 e. The van der Waals surface area contributed by atoms with Crippen LogP contribution in [0.4, 0.5) is 0 Å². The summed E-state index contributed by atoms with van der Waals surface area (Å²) in [7, 11) is 1.54. The van der Waals surface area contributed by atoms with Gasteiger partial charge in [0, 0.05) is 10.0 Å². The summed E-state index contributed by atoms with van der Waals surface area (Å²) in [4.78, 5) is 12.2. The molecule has 1 N–H and O–H groups in total. The van der Waals surface area contributed by atoms with Crippen molar-refractivity contribution in [3.05, 3.63) is 58.1 Å². The minimum atomic E-state index is -0.322. The van der Waals surface area contributed by atoms with Crippen LogP contribution in [0.3, 0.4) is 0 Å². The first kappa shape index (κ1) is 18.0. The molecule has 2 rings (SSSR count). The van der Waals surface area contributed by atoms with Gasteiger partial charge in [0.2, 0.25) is 0 Å². The molecular weight excluding hydrogens is 372 g/mol. The Labute approximate surface area is 149 Å². The van der Waals surface area contributed by atoms with Crippen molar-refractivity contribution in [1.29, 1.82) is 0 Å². The van der Waals surface area contributed by atoms with Crippen LogP contribution in [0.25, 0.3) is 0 Å². The van der Waals surface area contributed by atoms with Crippen LogP contribution in [0.2, 0.25) is 0 Å². The Balaban J connectivity index is 2.05. The number of benzene rings is 2. The fourth-order valence-corrected chi connectivity index (χ4v) is 2.20. The molecule has 126 valence electrons. The van der Waals surface area contributed by atoms with Gasteiger partial charge in [-0.15, -0.1) is 0 Å². The standard InChI is InChI=1S/C18H19BrN2O3/c1-12(2)24-16-9-6-14(10-17(16)23-3)18(22)21-20-11-13-4-7-15(19)8-5-13/h4-12H,1-3H3,(H,21,22)/b20-11-. The van der Waals surface area contributed by atoms with Crippen LogP contribution < -0.4 is 14.9 Å². The van der Waals surface area contributed by atoms with Gasteiger partial charge < -0.3 is 9.47 Å². The summed E-state index contributed by atoms with van der Waals surface area (Å²) >= 11 is 3.37. The molecule has 2 aromatic rings. The Morgan fingerprint density at radius 2 is 1.88 bits per heavy atom. The summed E-state index contributed by atoms with van der Waals surface area (Å²) in [5, 5.41) is 3.96. The first-order valence-electron chi connectivity index (χ1n) is 7.43. The third kappa shape index (κ3) is 5.09. The van der Waals surface area contributed by atoms with E-state index in [9.17, 15) is 4.79 Å². The fourth-order valence-electron chi connectivity index (χ4n) is 1.94. The maximum atomic E-state index is 12.2. The zero-order valence-electron chi connectivity index (χ0n) is 13.7.